The lowest BCUT2D eigenvalue weighted by molar-refractivity contribution is 0.0951. The van der Waals surface area contributed by atoms with Crippen LogP contribution in [0.3, 0.4) is 0 Å². The molecule has 0 saturated carbocycles. The van der Waals surface area contributed by atoms with Crippen LogP contribution >= 0.6 is 0 Å². The summed E-state index contributed by atoms with van der Waals surface area (Å²) in [5.41, 5.74) is 3.09. The molecule has 1 aromatic heterocycles. The quantitative estimate of drug-likeness (QED) is 0.727. The van der Waals surface area contributed by atoms with Crippen LogP contribution in [0, 0.1) is 0 Å². The van der Waals surface area contributed by atoms with Gasteiger partial charge in [0.25, 0.3) is 5.91 Å². The summed E-state index contributed by atoms with van der Waals surface area (Å²) in [7, 11) is -3.34. The van der Waals surface area contributed by atoms with Crippen LogP contribution < -0.4 is 10.0 Å². The summed E-state index contributed by atoms with van der Waals surface area (Å²) in [6.07, 6.45) is 4.26. The first-order chi connectivity index (χ1) is 11.9. The predicted octanol–water partition coefficient (Wildman–Crippen LogP) is 1.93. The molecule has 8 heteroatoms. The molecule has 0 aliphatic rings. The second-order valence-electron chi connectivity index (χ2n) is 5.52. The number of rotatable bonds is 5. The third-order valence-corrected chi connectivity index (χ3v) is 4.02. The Labute approximate surface area is 145 Å². The molecule has 3 aromatic rings. The normalized spacial score (nSPS) is 11.2. The van der Waals surface area contributed by atoms with Crippen molar-refractivity contribution in [2.75, 3.05) is 11.0 Å². The number of amides is 1. The van der Waals surface area contributed by atoms with Crippen LogP contribution in [0.2, 0.25) is 0 Å². The molecule has 0 fully saturated rings. The van der Waals surface area contributed by atoms with E-state index >= 15 is 0 Å². The minimum Gasteiger partial charge on any atom is -0.348 e. The maximum atomic E-state index is 12.3. The fraction of sp³-hybridized carbons (Fsp3) is 0.118. The number of hydrogen-bond donors (Lipinski definition) is 2. The monoisotopic (exact) mass is 356 g/mol. The van der Waals surface area contributed by atoms with Crippen molar-refractivity contribution in [3.05, 3.63) is 66.0 Å². The topological polar surface area (TPSA) is 101 Å². The van der Waals surface area contributed by atoms with Gasteiger partial charge >= 0.3 is 0 Å². The van der Waals surface area contributed by atoms with E-state index in [-0.39, 0.29) is 12.5 Å². The Hall–Kier alpha value is -3.00. The Kier molecular flexibility index (Phi) is 4.62. The zero-order valence-corrected chi connectivity index (χ0v) is 14.2. The average Bonchev–Trinajstić information content (AvgIpc) is 2.58. The lowest BCUT2D eigenvalue weighted by Crippen LogP contribution is -2.22. The summed E-state index contributed by atoms with van der Waals surface area (Å²) in [5.74, 6) is -0.242. The van der Waals surface area contributed by atoms with E-state index in [1.54, 1.807) is 54.9 Å². The van der Waals surface area contributed by atoms with Crippen LogP contribution in [0.4, 0.5) is 5.69 Å². The van der Waals surface area contributed by atoms with Crippen molar-refractivity contribution < 1.29 is 13.2 Å². The Balaban J connectivity index is 1.70. The lowest BCUT2D eigenvalue weighted by atomic mass is 10.1. The van der Waals surface area contributed by atoms with Crippen LogP contribution in [0.5, 0.6) is 0 Å². The summed E-state index contributed by atoms with van der Waals surface area (Å²) in [5, 5.41) is 2.81. The molecule has 1 amide bonds. The van der Waals surface area contributed by atoms with Crippen LogP contribution in [0.15, 0.2) is 54.9 Å². The third kappa shape index (κ3) is 4.51. The van der Waals surface area contributed by atoms with Gasteiger partial charge in [-0.15, -0.1) is 0 Å². The minimum absolute atomic E-state index is 0.242. The first-order valence-corrected chi connectivity index (χ1v) is 9.35. The molecular weight excluding hydrogens is 340 g/mol. The number of hydrogen-bond acceptors (Lipinski definition) is 5. The Bertz CT molecular complexity index is 1030. The zero-order chi connectivity index (χ0) is 17.9. The van der Waals surface area contributed by atoms with Crippen molar-refractivity contribution in [3.63, 3.8) is 0 Å². The highest BCUT2D eigenvalue weighted by Gasteiger charge is 2.08. The molecule has 0 spiro atoms. The molecule has 0 aliphatic carbocycles. The number of carbonyl (C=O) groups is 1. The fourth-order valence-electron chi connectivity index (χ4n) is 2.35. The fourth-order valence-corrected chi connectivity index (χ4v) is 2.90. The second kappa shape index (κ2) is 6.86. The molecule has 2 N–H and O–H groups in total. The van der Waals surface area contributed by atoms with Gasteiger partial charge in [0.2, 0.25) is 10.0 Å². The maximum absolute atomic E-state index is 12.3. The van der Waals surface area contributed by atoms with E-state index in [1.807, 2.05) is 0 Å². The van der Waals surface area contributed by atoms with E-state index in [0.717, 1.165) is 17.3 Å². The van der Waals surface area contributed by atoms with Crippen LogP contribution in [-0.2, 0) is 16.6 Å². The van der Waals surface area contributed by atoms with Gasteiger partial charge in [-0.05, 0) is 35.9 Å². The smallest absolute Gasteiger partial charge is 0.251 e. The summed E-state index contributed by atoms with van der Waals surface area (Å²) < 4.78 is 25.0. The van der Waals surface area contributed by atoms with E-state index < -0.39 is 10.0 Å². The molecule has 0 aliphatic heterocycles. The third-order valence-electron chi connectivity index (χ3n) is 3.41. The molecule has 128 valence electrons. The SMILES string of the molecule is CS(=O)(=O)Nc1cccc(CNC(=O)c2ccc3nccnc3c2)c1. The second-order valence-corrected chi connectivity index (χ2v) is 7.27. The van der Waals surface area contributed by atoms with Gasteiger partial charge in [-0.1, -0.05) is 12.1 Å². The molecular formula is C17H16N4O3S. The van der Waals surface area contributed by atoms with Crippen molar-refractivity contribution in [3.8, 4) is 0 Å². The molecule has 1 heterocycles. The molecule has 0 saturated heterocycles. The predicted molar refractivity (Wildman–Crippen MR) is 95.6 cm³/mol. The van der Waals surface area contributed by atoms with Crippen molar-refractivity contribution >= 4 is 32.7 Å². The molecule has 0 radical (unpaired) electrons. The Morgan fingerprint density at radius 3 is 2.56 bits per heavy atom. The average molecular weight is 356 g/mol. The largest absolute Gasteiger partial charge is 0.348 e. The number of aromatic nitrogens is 2. The number of benzene rings is 2. The molecule has 2 aromatic carbocycles. The zero-order valence-electron chi connectivity index (χ0n) is 13.4. The first-order valence-electron chi connectivity index (χ1n) is 7.46. The molecule has 0 bridgehead atoms. The van der Waals surface area contributed by atoms with Crippen molar-refractivity contribution in [1.82, 2.24) is 15.3 Å². The standard InChI is InChI=1S/C17H16N4O3S/c1-25(23,24)21-14-4-2-3-12(9-14)11-20-17(22)13-5-6-15-16(10-13)19-8-7-18-15/h2-10,21H,11H2,1H3,(H,20,22). The number of carbonyl (C=O) groups excluding carboxylic acids is 1. The molecule has 25 heavy (non-hydrogen) atoms. The van der Waals surface area contributed by atoms with Gasteiger partial charge in [-0.3, -0.25) is 19.5 Å². The van der Waals surface area contributed by atoms with Crippen LogP contribution in [-0.4, -0.2) is 30.5 Å². The van der Waals surface area contributed by atoms with E-state index in [4.69, 9.17) is 0 Å². The van der Waals surface area contributed by atoms with Gasteiger partial charge < -0.3 is 5.32 Å². The minimum atomic E-state index is -3.34. The van der Waals surface area contributed by atoms with Gasteiger partial charge in [0, 0.05) is 30.2 Å². The Morgan fingerprint density at radius 1 is 1.04 bits per heavy atom. The molecule has 0 atom stereocenters. The van der Waals surface area contributed by atoms with Gasteiger partial charge in [0.15, 0.2) is 0 Å². The molecule has 0 unspecified atom stereocenters. The van der Waals surface area contributed by atoms with Crippen LogP contribution in [0.1, 0.15) is 15.9 Å². The van der Waals surface area contributed by atoms with Gasteiger partial charge in [-0.25, -0.2) is 8.42 Å². The van der Waals surface area contributed by atoms with Gasteiger partial charge in [0.05, 0.1) is 17.3 Å². The van der Waals surface area contributed by atoms with E-state index in [9.17, 15) is 13.2 Å². The number of anilines is 1. The molecule has 7 nitrogen and oxygen atoms in total. The number of fused-ring (bicyclic) bond motifs is 1. The maximum Gasteiger partial charge on any atom is 0.251 e. The number of nitrogens with zero attached hydrogens (tertiary/aromatic N) is 2. The van der Waals surface area contributed by atoms with Crippen molar-refractivity contribution in [2.45, 2.75) is 6.54 Å². The summed E-state index contributed by atoms with van der Waals surface area (Å²) in [6.45, 7) is 0.274. The van der Waals surface area contributed by atoms with E-state index in [2.05, 4.69) is 20.0 Å². The lowest BCUT2D eigenvalue weighted by Gasteiger charge is -2.08. The van der Waals surface area contributed by atoms with E-state index in [1.165, 1.54) is 0 Å². The van der Waals surface area contributed by atoms with Gasteiger partial charge in [-0.2, -0.15) is 0 Å². The molecule has 3 rings (SSSR count). The van der Waals surface area contributed by atoms with Crippen molar-refractivity contribution in [2.24, 2.45) is 0 Å². The summed E-state index contributed by atoms with van der Waals surface area (Å²) in [4.78, 5) is 20.6. The highest BCUT2D eigenvalue weighted by atomic mass is 32.2. The van der Waals surface area contributed by atoms with Crippen LogP contribution in [0.25, 0.3) is 11.0 Å². The highest BCUT2D eigenvalue weighted by Crippen LogP contribution is 2.13. The van der Waals surface area contributed by atoms with Crippen molar-refractivity contribution in [1.29, 1.82) is 0 Å². The van der Waals surface area contributed by atoms with E-state index in [0.29, 0.717) is 16.8 Å². The number of nitrogens with one attached hydrogen (secondary N) is 2. The van der Waals surface area contributed by atoms with Gasteiger partial charge in [0.1, 0.15) is 0 Å². The first kappa shape index (κ1) is 16.8. The highest BCUT2D eigenvalue weighted by molar-refractivity contribution is 7.92. The summed E-state index contributed by atoms with van der Waals surface area (Å²) in [6, 6.07) is 12.0. The summed E-state index contributed by atoms with van der Waals surface area (Å²) >= 11 is 0. The Morgan fingerprint density at radius 2 is 1.80 bits per heavy atom. The number of sulfonamides is 1.